The molecule has 0 aliphatic heterocycles. The van der Waals surface area contributed by atoms with E-state index in [9.17, 15) is 30.7 Å². The Bertz CT molecular complexity index is 282. The van der Waals surface area contributed by atoms with Crippen LogP contribution in [0.4, 0.5) is 30.7 Å². The third-order valence-electron chi connectivity index (χ3n) is 2.37. The van der Waals surface area contributed by atoms with Gasteiger partial charge in [-0.25, -0.2) is 0 Å². The summed E-state index contributed by atoms with van der Waals surface area (Å²) in [4.78, 5) is 0. The lowest BCUT2D eigenvalue weighted by Crippen LogP contribution is -2.66. The second kappa shape index (κ2) is 5.93. The molecule has 0 aromatic carbocycles. The smallest absolute Gasteiger partial charge is 0.373 e. The van der Waals surface area contributed by atoms with Crippen LogP contribution in [0.2, 0.25) is 0 Å². The quantitative estimate of drug-likeness (QED) is 0.533. The summed E-state index contributed by atoms with van der Waals surface area (Å²) in [6.07, 6.45) is -9.12. The Labute approximate surface area is 106 Å². The van der Waals surface area contributed by atoms with Crippen LogP contribution in [0.3, 0.4) is 0 Å². The molecular weight excluding hydrogens is 305 g/mol. The zero-order chi connectivity index (χ0) is 15.5. The average molecular weight is 318 g/mol. The molecule has 0 saturated heterocycles. The Balaban J connectivity index is 5.24. The Morgan fingerprint density at radius 2 is 1.11 bits per heavy atom. The molecule has 0 saturated carbocycles. The highest BCUT2D eigenvalue weighted by Gasteiger charge is 2.76. The lowest BCUT2D eigenvalue weighted by atomic mass is 10.2. The van der Waals surface area contributed by atoms with Gasteiger partial charge in [0.15, 0.2) is 0 Å². The zero-order valence-electron chi connectivity index (χ0n) is 10.3. The normalized spacial score (nSPS) is 14.8. The van der Waals surface area contributed by atoms with E-state index in [0.717, 1.165) is 0 Å². The fraction of sp³-hybridized carbons (Fsp3) is 1.00. The monoisotopic (exact) mass is 318 g/mol. The minimum atomic E-state index is -5.13. The Kier molecular flexibility index (Phi) is 5.81. The Hall–Kier alpha value is -0.393. The molecule has 0 amide bonds. The number of hydrogen-bond donors (Lipinski definition) is 0. The first kappa shape index (κ1) is 18.6. The molecule has 0 heterocycles. The molecule has 0 aliphatic rings. The van der Waals surface area contributed by atoms with Gasteiger partial charge in [-0.15, -0.1) is 0 Å². The second-order valence-corrected chi connectivity index (χ2v) is 6.53. The summed E-state index contributed by atoms with van der Waals surface area (Å²) < 4.78 is 102. The van der Waals surface area contributed by atoms with Crippen molar-refractivity contribution in [3.05, 3.63) is 0 Å². The van der Waals surface area contributed by atoms with E-state index in [1.165, 1.54) is 0 Å². The molecule has 0 spiro atoms. The molecule has 0 aliphatic carbocycles. The molecule has 116 valence electrons. The zero-order valence-corrected chi connectivity index (χ0v) is 11.3. The van der Waals surface area contributed by atoms with Gasteiger partial charge in [0.2, 0.25) is 0 Å². The highest BCUT2D eigenvalue weighted by atomic mass is 28.4. The van der Waals surface area contributed by atoms with Crippen LogP contribution in [0.15, 0.2) is 0 Å². The van der Waals surface area contributed by atoms with E-state index in [0.29, 0.717) is 21.3 Å². The lowest BCUT2D eigenvalue weighted by molar-refractivity contribution is -0.216. The molecule has 0 rings (SSSR count). The third kappa shape index (κ3) is 3.80. The van der Waals surface area contributed by atoms with E-state index in [4.69, 9.17) is 0 Å². The first-order valence-electron chi connectivity index (χ1n) is 4.87. The highest BCUT2D eigenvalue weighted by Crippen LogP contribution is 2.46. The van der Waals surface area contributed by atoms with Crippen LogP contribution in [-0.4, -0.2) is 47.8 Å². The SMILES string of the molecule is CO[Si](OC)(OC)C(F)(F)C(F)(F)CCC(F)(F)F. The Morgan fingerprint density at radius 1 is 0.737 bits per heavy atom. The molecule has 11 heteroatoms. The van der Waals surface area contributed by atoms with Crippen LogP contribution in [0.25, 0.3) is 0 Å². The van der Waals surface area contributed by atoms with E-state index in [2.05, 4.69) is 13.3 Å². The minimum absolute atomic E-state index is 0.660. The van der Waals surface area contributed by atoms with Gasteiger partial charge in [-0.05, 0) is 0 Å². The largest absolute Gasteiger partial charge is 0.581 e. The molecule has 0 aromatic rings. The van der Waals surface area contributed by atoms with E-state index in [1.54, 1.807) is 0 Å². The van der Waals surface area contributed by atoms with Crippen molar-refractivity contribution in [1.82, 2.24) is 0 Å². The first-order valence-corrected chi connectivity index (χ1v) is 6.59. The van der Waals surface area contributed by atoms with Crippen LogP contribution in [0.5, 0.6) is 0 Å². The summed E-state index contributed by atoms with van der Waals surface area (Å²) in [7, 11) is -3.15. The molecule has 0 N–H and O–H groups in total. The summed E-state index contributed by atoms with van der Waals surface area (Å²) in [6, 6.07) is 0. The van der Waals surface area contributed by atoms with Crippen LogP contribution >= 0.6 is 0 Å². The minimum Gasteiger partial charge on any atom is -0.373 e. The molecule has 0 radical (unpaired) electrons. The van der Waals surface area contributed by atoms with Gasteiger partial charge in [-0.1, -0.05) is 0 Å². The van der Waals surface area contributed by atoms with Crippen molar-refractivity contribution in [2.75, 3.05) is 21.3 Å². The van der Waals surface area contributed by atoms with E-state index >= 15 is 0 Å². The molecule has 0 unspecified atom stereocenters. The summed E-state index contributed by atoms with van der Waals surface area (Å²) in [5.74, 6) is -4.98. The summed E-state index contributed by atoms with van der Waals surface area (Å²) in [6.45, 7) is 0. The maximum absolute atomic E-state index is 13.7. The third-order valence-corrected chi connectivity index (χ3v) is 5.12. The van der Waals surface area contributed by atoms with Gasteiger partial charge >= 0.3 is 26.4 Å². The van der Waals surface area contributed by atoms with Crippen LogP contribution < -0.4 is 0 Å². The van der Waals surface area contributed by atoms with Gasteiger partial charge in [0, 0.05) is 34.2 Å². The predicted octanol–water partition coefficient (Wildman–Crippen LogP) is 3.02. The average Bonchev–Trinajstić information content (AvgIpc) is 2.28. The number of alkyl halides is 7. The van der Waals surface area contributed by atoms with Gasteiger partial charge in [-0.3, -0.25) is 0 Å². The fourth-order valence-corrected chi connectivity index (χ4v) is 3.16. The maximum Gasteiger partial charge on any atom is 0.581 e. The van der Waals surface area contributed by atoms with Gasteiger partial charge in [0.25, 0.3) is 0 Å². The van der Waals surface area contributed by atoms with Crippen molar-refractivity contribution in [3.63, 3.8) is 0 Å². The standard InChI is InChI=1S/C8H13F7O3Si/c1-16-19(17-2,18-3)8(14,15)6(9,10)4-5-7(11,12)13/h4-5H2,1-3H3. The topological polar surface area (TPSA) is 27.7 Å². The molecule has 0 atom stereocenters. The van der Waals surface area contributed by atoms with Crippen molar-refractivity contribution >= 4 is 8.80 Å². The Morgan fingerprint density at radius 3 is 1.37 bits per heavy atom. The molecule has 0 aromatic heterocycles. The second-order valence-electron chi connectivity index (χ2n) is 3.56. The fourth-order valence-electron chi connectivity index (χ4n) is 1.31. The predicted molar refractivity (Wildman–Crippen MR) is 52.0 cm³/mol. The van der Waals surface area contributed by atoms with Gasteiger partial charge in [0.05, 0.1) is 0 Å². The van der Waals surface area contributed by atoms with Crippen molar-refractivity contribution in [1.29, 1.82) is 0 Å². The summed E-state index contributed by atoms with van der Waals surface area (Å²) in [5.41, 5.74) is -4.98. The lowest BCUT2D eigenvalue weighted by Gasteiger charge is -2.36. The van der Waals surface area contributed by atoms with Crippen molar-refractivity contribution in [2.45, 2.75) is 30.5 Å². The van der Waals surface area contributed by atoms with Crippen LogP contribution in [0.1, 0.15) is 12.8 Å². The van der Waals surface area contributed by atoms with Gasteiger partial charge < -0.3 is 13.3 Å². The van der Waals surface area contributed by atoms with Crippen LogP contribution in [0, 0.1) is 0 Å². The number of hydrogen-bond acceptors (Lipinski definition) is 3. The van der Waals surface area contributed by atoms with Gasteiger partial charge in [0.1, 0.15) is 0 Å². The molecular formula is C8H13F7O3Si. The maximum atomic E-state index is 13.7. The van der Waals surface area contributed by atoms with E-state index in [-0.39, 0.29) is 0 Å². The van der Waals surface area contributed by atoms with Gasteiger partial charge in [-0.2, -0.15) is 30.7 Å². The first-order chi connectivity index (χ1) is 8.39. The van der Waals surface area contributed by atoms with E-state index in [1.807, 2.05) is 0 Å². The molecule has 0 fully saturated rings. The molecule has 19 heavy (non-hydrogen) atoms. The van der Waals surface area contributed by atoms with Crippen LogP contribution in [-0.2, 0) is 13.3 Å². The summed E-state index contributed by atoms with van der Waals surface area (Å²) >= 11 is 0. The van der Waals surface area contributed by atoms with E-state index < -0.39 is 39.3 Å². The van der Waals surface area contributed by atoms with Crippen molar-refractivity contribution in [2.24, 2.45) is 0 Å². The molecule has 0 bridgehead atoms. The number of rotatable bonds is 7. The number of halogens is 7. The van der Waals surface area contributed by atoms with Crippen molar-refractivity contribution in [3.8, 4) is 0 Å². The highest BCUT2D eigenvalue weighted by molar-refractivity contribution is 6.63. The molecule has 3 nitrogen and oxygen atoms in total. The van der Waals surface area contributed by atoms with Crippen molar-refractivity contribution < 1.29 is 44.0 Å². The summed E-state index contributed by atoms with van der Waals surface area (Å²) in [5, 5.41) is 0.